The van der Waals surface area contributed by atoms with E-state index in [4.69, 9.17) is 34.8 Å². The van der Waals surface area contributed by atoms with Gasteiger partial charge in [-0.05, 0) is 24.1 Å². The smallest absolute Gasteiger partial charge is 0.161 e. The summed E-state index contributed by atoms with van der Waals surface area (Å²) in [5, 5.41) is 5.66. The molecule has 0 radical (unpaired) electrons. The molecular formula is C14H10Cl3N3. The van der Waals surface area contributed by atoms with Gasteiger partial charge in [0, 0.05) is 10.6 Å². The van der Waals surface area contributed by atoms with Crippen molar-refractivity contribution in [2.24, 2.45) is 0 Å². The van der Waals surface area contributed by atoms with E-state index in [2.05, 4.69) is 10.1 Å². The van der Waals surface area contributed by atoms with Crippen LogP contribution in [-0.2, 0) is 6.42 Å². The molecule has 6 heteroatoms. The first-order chi connectivity index (χ1) is 9.61. The first kappa shape index (κ1) is 13.7. The number of halogens is 3. The Labute approximate surface area is 131 Å². The van der Waals surface area contributed by atoms with Gasteiger partial charge < -0.3 is 0 Å². The third-order valence-electron chi connectivity index (χ3n) is 3.11. The van der Waals surface area contributed by atoms with Crippen molar-refractivity contribution < 1.29 is 0 Å². The third kappa shape index (κ3) is 2.16. The van der Waals surface area contributed by atoms with Crippen LogP contribution in [0.4, 0.5) is 0 Å². The molecule has 0 saturated carbocycles. The summed E-state index contributed by atoms with van der Waals surface area (Å²) in [6, 6.07) is 7.32. The number of hydrogen-bond donors (Lipinski definition) is 0. The largest absolute Gasteiger partial charge is 0.216 e. The minimum Gasteiger partial charge on any atom is -0.216 e. The Kier molecular flexibility index (Phi) is 3.59. The molecule has 3 rings (SSSR count). The summed E-state index contributed by atoms with van der Waals surface area (Å²) in [5.74, 6) is 0. The van der Waals surface area contributed by atoms with E-state index in [0.717, 1.165) is 17.5 Å². The van der Waals surface area contributed by atoms with Gasteiger partial charge in [0.2, 0.25) is 0 Å². The van der Waals surface area contributed by atoms with Crippen molar-refractivity contribution in [3.63, 3.8) is 0 Å². The van der Waals surface area contributed by atoms with Crippen molar-refractivity contribution in [3.8, 4) is 11.1 Å². The predicted molar refractivity (Wildman–Crippen MR) is 82.8 cm³/mol. The number of rotatable bonds is 2. The Morgan fingerprint density at radius 1 is 1.20 bits per heavy atom. The number of nitrogens with zero attached hydrogens (tertiary/aromatic N) is 3. The van der Waals surface area contributed by atoms with E-state index in [1.54, 1.807) is 22.8 Å². The maximum atomic E-state index is 6.44. The van der Waals surface area contributed by atoms with Crippen molar-refractivity contribution in [3.05, 3.63) is 51.4 Å². The van der Waals surface area contributed by atoms with Gasteiger partial charge in [0.25, 0.3) is 0 Å². The molecular weight excluding hydrogens is 317 g/mol. The molecule has 0 aliphatic carbocycles. The van der Waals surface area contributed by atoms with Gasteiger partial charge in [0.1, 0.15) is 10.3 Å². The number of aryl methyl sites for hydroxylation is 1. The standard InChI is InChI=1S/C14H10Cl3N3/c1-2-8-7-18-20-13(17)11(12(16)19-14(8)20)9-4-3-5-10(15)6-9/h3-7H,2H2,1H3. The molecule has 3 aromatic rings. The Hall–Kier alpha value is -1.29. The number of aromatic nitrogens is 3. The van der Waals surface area contributed by atoms with Crippen molar-refractivity contribution in [2.75, 3.05) is 0 Å². The maximum Gasteiger partial charge on any atom is 0.161 e. The molecule has 0 aliphatic heterocycles. The van der Waals surface area contributed by atoms with Crippen LogP contribution in [0.3, 0.4) is 0 Å². The van der Waals surface area contributed by atoms with Gasteiger partial charge in [-0.3, -0.25) is 0 Å². The van der Waals surface area contributed by atoms with Crippen LogP contribution in [0, 0.1) is 0 Å². The van der Waals surface area contributed by atoms with Crippen molar-refractivity contribution in [2.45, 2.75) is 13.3 Å². The second-order valence-corrected chi connectivity index (χ2v) is 5.49. The second kappa shape index (κ2) is 5.24. The molecule has 1 aromatic carbocycles. The highest BCUT2D eigenvalue weighted by atomic mass is 35.5. The molecule has 0 spiro atoms. The minimum absolute atomic E-state index is 0.347. The van der Waals surface area contributed by atoms with Crippen LogP contribution in [-0.4, -0.2) is 14.6 Å². The zero-order chi connectivity index (χ0) is 14.3. The van der Waals surface area contributed by atoms with E-state index in [0.29, 0.717) is 26.5 Å². The first-order valence-electron chi connectivity index (χ1n) is 6.09. The quantitative estimate of drug-likeness (QED) is 0.626. The van der Waals surface area contributed by atoms with Crippen LogP contribution in [0.2, 0.25) is 15.3 Å². The Bertz CT molecular complexity index is 796. The van der Waals surface area contributed by atoms with Gasteiger partial charge >= 0.3 is 0 Å². The summed E-state index contributed by atoms with van der Waals surface area (Å²) >= 11 is 18.8. The molecule has 0 saturated heterocycles. The summed E-state index contributed by atoms with van der Waals surface area (Å²) in [6.07, 6.45) is 2.58. The summed E-state index contributed by atoms with van der Waals surface area (Å²) in [7, 11) is 0. The van der Waals surface area contributed by atoms with Crippen LogP contribution in [0.1, 0.15) is 12.5 Å². The molecule has 0 aliphatic rings. The van der Waals surface area contributed by atoms with E-state index in [1.807, 2.05) is 19.1 Å². The molecule has 0 unspecified atom stereocenters. The van der Waals surface area contributed by atoms with Gasteiger partial charge in [-0.2, -0.15) is 5.10 Å². The van der Waals surface area contributed by atoms with Crippen molar-refractivity contribution in [1.82, 2.24) is 14.6 Å². The topological polar surface area (TPSA) is 30.2 Å². The van der Waals surface area contributed by atoms with Gasteiger partial charge in [-0.1, -0.05) is 53.9 Å². The molecule has 102 valence electrons. The number of hydrogen-bond acceptors (Lipinski definition) is 2. The van der Waals surface area contributed by atoms with E-state index >= 15 is 0 Å². The van der Waals surface area contributed by atoms with Crippen LogP contribution in [0.5, 0.6) is 0 Å². The van der Waals surface area contributed by atoms with Gasteiger partial charge in [-0.15, -0.1) is 0 Å². The molecule has 0 fully saturated rings. The van der Waals surface area contributed by atoms with Gasteiger partial charge in [-0.25, -0.2) is 9.50 Å². The molecule has 0 atom stereocenters. The SMILES string of the molecule is CCc1cnn2c(Cl)c(-c3cccc(Cl)c3)c(Cl)nc12. The molecule has 2 aromatic heterocycles. The maximum absolute atomic E-state index is 6.44. The third-order valence-corrected chi connectivity index (χ3v) is 3.97. The fraction of sp³-hybridized carbons (Fsp3) is 0.143. The van der Waals surface area contributed by atoms with Crippen LogP contribution in [0.25, 0.3) is 16.8 Å². The van der Waals surface area contributed by atoms with Gasteiger partial charge in [0.05, 0.1) is 11.8 Å². The highest BCUT2D eigenvalue weighted by Gasteiger charge is 2.17. The van der Waals surface area contributed by atoms with Crippen molar-refractivity contribution in [1.29, 1.82) is 0 Å². The molecule has 20 heavy (non-hydrogen) atoms. The molecule has 0 N–H and O–H groups in total. The molecule has 0 bridgehead atoms. The molecule has 2 heterocycles. The normalized spacial score (nSPS) is 11.2. The van der Waals surface area contributed by atoms with E-state index in [-0.39, 0.29) is 0 Å². The minimum atomic E-state index is 0.347. The lowest BCUT2D eigenvalue weighted by atomic mass is 10.1. The Morgan fingerprint density at radius 2 is 2.00 bits per heavy atom. The molecule has 0 amide bonds. The Balaban J connectivity index is 2.32. The van der Waals surface area contributed by atoms with E-state index < -0.39 is 0 Å². The first-order valence-corrected chi connectivity index (χ1v) is 7.22. The summed E-state index contributed by atoms with van der Waals surface area (Å²) in [6.45, 7) is 2.03. The second-order valence-electron chi connectivity index (χ2n) is 4.34. The average Bonchev–Trinajstić information content (AvgIpc) is 2.82. The summed E-state index contributed by atoms with van der Waals surface area (Å²) in [5.41, 5.74) is 3.14. The number of fused-ring (bicyclic) bond motifs is 1. The van der Waals surface area contributed by atoms with E-state index in [1.165, 1.54) is 0 Å². The average molecular weight is 327 g/mol. The summed E-state index contributed by atoms with van der Waals surface area (Å²) in [4.78, 5) is 4.41. The predicted octanol–water partition coefficient (Wildman–Crippen LogP) is 4.92. The lowest BCUT2D eigenvalue weighted by Crippen LogP contribution is -1.98. The highest BCUT2D eigenvalue weighted by Crippen LogP contribution is 2.35. The van der Waals surface area contributed by atoms with Crippen LogP contribution < -0.4 is 0 Å². The fourth-order valence-electron chi connectivity index (χ4n) is 2.11. The van der Waals surface area contributed by atoms with Gasteiger partial charge in [0.15, 0.2) is 5.65 Å². The fourth-order valence-corrected chi connectivity index (χ4v) is 2.95. The monoisotopic (exact) mass is 325 g/mol. The lowest BCUT2D eigenvalue weighted by molar-refractivity contribution is 0.942. The zero-order valence-corrected chi connectivity index (χ0v) is 12.8. The highest BCUT2D eigenvalue weighted by molar-refractivity contribution is 6.38. The van der Waals surface area contributed by atoms with Crippen LogP contribution >= 0.6 is 34.8 Å². The van der Waals surface area contributed by atoms with E-state index in [9.17, 15) is 0 Å². The Morgan fingerprint density at radius 3 is 2.70 bits per heavy atom. The zero-order valence-electron chi connectivity index (χ0n) is 10.6. The lowest BCUT2D eigenvalue weighted by Gasteiger charge is -2.09. The number of benzene rings is 1. The van der Waals surface area contributed by atoms with Crippen molar-refractivity contribution >= 4 is 40.4 Å². The molecule has 3 nitrogen and oxygen atoms in total. The van der Waals surface area contributed by atoms with Crippen LogP contribution in [0.15, 0.2) is 30.5 Å². The summed E-state index contributed by atoms with van der Waals surface area (Å²) < 4.78 is 1.60.